The molecule has 0 aliphatic carbocycles. The van der Waals surface area contributed by atoms with E-state index in [1.54, 1.807) is 0 Å². The lowest BCUT2D eigenvalue weighted by Gasteiger charge is -1.80. The van der Waals surface area contributed by atoms with E-state index in [-0.39, 0.29) is 5.87 Å². The molecule has 0 N–H and O–H groups in total. The highest BCUT2D eigenvalue weighted by atomic mass is 31.0. The van der Waals surface area contributed by atoms with E-state index in [2.05, 4.69) is 4.52 Å². The summed E-state index contributed by atoms with van der Waals surface area (Å²) in [4.78, 5) is 9.57. The second-order valence-electron chi connectivity index (χ2n) is 0.609. The SMILES string of the molecule is BC(=O)OP. The molecule has 0 aromatic carbocycles. The summed E-state index contributed by atoms with van der Waals surface area (Å²) in [5.41, 5.74) is 0. The van der Waals surface area contributed by atoms with Crippen LogP contribution in [0, 0.1) is 0 Å². The van der Waals surface area contributed by atoms with Crippen LogP contribution in [-0.2, 0) is 4.52 Å². The van der Waals surface area contributed by atoms with Gasteiger partial charge in [-0.15, -0.1) is 0 Å². The van der Waals surface area contributed by atoms with Crippen molar-refractivity contribution in [3.05, 3.63) is 0 Å². The molecule has 0 amide bonds. The van der Waals surface area contributed by atoms with Crippen LogP contribution >= 0.6 is 9.47 Å². The molecule has 0 bridgehead atoms. The molecule has 0 saturated heterocycles. The average molecular weight is 89.8 g/mol. The largest absolute Gasteiger partial charge is 0.460 e. The topological polar surface area (TPSA) is 26.3 Å². The fraction of sp³-hybridized carbons (Fsp3) is 0. The first kappa shape index (κ1) is 4.96. The summed E-state index contributed by atoms with van der Waals surface area (Å²) in [6.45, 7) is 0. The Balaban J connectivity index is 2.85. The van der Waals surface area contributed by atoms with Crippen LogP contribution in [0.4, 0.5) is 4.79 Å². The Morgan fingerprint density at radius 3 is 2.20 bits per heavy atom. The van der Waals surface area contributed by atoms with Gasteiger partial charge < -0.3 is 4.52 Å². The molecular weight excluding hydrogens is 85.8 g/mol. The molecule has 0 aromatic heterocycles. The summed E-state index contributed by atoms with van der Waals surface area (Å²) in [7, 11) is 3.19. The maximum atomic E-state index is 9.57. The fourth-order valence-corrected chi connectivity index (χ4v) is 0. The summed E-state index contributed by atoms with van der Waals surface area (Å²) in [5, 5.41) is 0. The highest BCUT2D eigenvalue weighted by Gasteiger charge is 1.76. The second-order valence-corrected chi connectivity index (χ2v) is 0.845. The van der Waals surface area contributed by atoms with Crippen molar-refractivity contribution in [1.82, 2.24) is 0 Å². The number of rotatable bonds is 0. The third kappa shape index (κ3) is 3.96. The third-order valence-corrected chi connectivity index (χ3v) is 0.498. The van der Waals surface area contributed by atoms with Crippen molar-refractivity contribution in [3.8, 4) is 0 Å². The van der Waals surface area contributed by atoms with Gasteiger partial charge in [0.1, 0.15) is 0 Å². The molecular formula is CH4BO2P. The van der Waals surface area contributed by atoms with Crippen LogP contribution in [0.5, 0.6) is 0 Å². The van der Waals surface area contributed by atoms with Gasteiger partial charge in [-0.05, 0) is 0 Å². The Labute approximate surface area is 33.6 Å². The molecule has 0 saturated carbocycles. The average Bonchev–Trinajstić information content (AvgIpc) is 1.38. The molecule has 1 unspecified atom stereocenters. The van der Waals surface area contributed by atoms with Gasteiger partial charge in [-0.2, -0.15) is 0 Å². The summed E-state index contributed by atoms with van der Waals surface area (Å²) in [5.74, 6) is -0.282. The maximum absolute atomic E-state index is 9.57. The highest BCUT2D eigenvalue weighted by molar-refractivity contribution is 7.11. The smallest absolute Gasteiger partial charge is 0.245 e. The van der Waals surface area contributed by atoms with Gasteiger partial charge in [0.2, 0.25) is 13.7 Å². The molecule has 0 heterocycles. The van der Waals surface area contributed by atoms with Gasteiger partial charge in [0, 0.05) is 0 Å². The lowest BCUT2D eigenvalue weighted by Crippen LogP contribution is -1.86. The van der Waals surface area contributed by atoms with Gasteiger partial charge in [-0.1, -0.05) is 0 Å². The van der Waals surface area contributed by atoms with Gasteiger partial charge >= 0.3 is 0 Å². The molecule has 0 radical (unpaired) electrons. The lowest BCUT2D eigenvalue weighted by atomic mass is 10.2. The molecule has 0 fully saturated rings. The van der Waals surface area contributed by atoms with Crippen molar-refractivity contribution in [2.24, 2.45) is 0 Å². The van der Waals surface area contributed by atoms with Crippen molar-refractivity contribution in [2.75, 3.05) is 0 Å². The number of carbonyl (C=O) groups excluding carboxylic acids is 1. The standard InChI is InChI=1S/CH4BO2P/c2-1(3)4-5/h2,5H2. The van der Waals surface area contributed by atoms with Crippen molar-refractivity contribution in [3.63, 3.8) is 0 Å². The fourth-order valence-electron chi connectivity index (χ4n) is 0. The van der Waals surface area contributed by atoms with Gasteiger partial charge in [-0.25, -0.2) is 0 Å². The number of carbonyl (C=O) groups is 1. The Morgan fingerprint density at radius 2 is 2.20 bits per heavy atom. The van der Waals surface area contributed by atoms with Gasteiger partial charge in [-0.3, -0.25) is 4.79 Å². The maximum Gasteiger partial charge on any atom is 0.245 e. The second kappa shape index (κ2) is 2.22. The van der Waals surface area contributed by atoms with E-state index >= 15 is 0 Å². The van der Waals surface area contributed by atoms with Crippen molar-refractivity contribution in [1.29, 1.82) is 0 Å². The predicted octanol–water partition coefficient (Wildman–Crippen LogP) is -0.454. The van der Waals surface area contributed by atoms with Crippen LogP contribution in [0.25, 0.3) is 0 Å². The van der Waals surface area contributed by atoms with Gasteiger partial charge in [0.15, 0.2) is 0 Å². The van der Waals surface area contributed by atoms with E-state index in [9.17, 15) is 4.79 Å². The highest BCUT2D eigenvalue weighted by Crippen LogP contribution is 1.80. The monoisotopic (exact) mass is 90.0 g/mol. The molecule has 0 aliphatic rings. The van der Waals surface area contributed by atoms with Crippen LogP contribution in [0.2, 0.25) is 0 Å². The normalized spacial score (nSPS) is 6.60. The molecule has 2 nitrogen and oxygen atoms in total. The van der Waals surface area contributed by atoms with Crippen molar-refractivity contribution >= 4 is 23.2 Å². The molecule has 0 spiro atoms. The zero-order valence-corrected chi connectivity index (χ0v) is 4.05. The molecule has 28 valence electrons. The summed E-state index contributed by atoms with van der Waals surface area (Å²) in [6.07, 6.45) is 0. The van der Waals surface area contributed by atoms with Crippen molar-refractivity contribution in [2.45, 2.75) is 0 Å². The zero-order valence-electron chi connectivity index (χ0n) is 2.89. The minimum Gasteiger partial charge on any atom is -0.460 e. The van der Waals surface area contributed by atoms with Crippen LogP contribution in [0.1, 0.15) is 0 Å². The van der Waals surface area contributed by atoms with Gasteiger partial charge in [0.05, 0.1) is 9.47 Å². The van der Waals surface area contributed by atoms with E-state index in [0.29, 0.717) is 0 Å². The van der Waals surface area contributed by atoms with Crippen LogP contribution in [0.15, 0.2) is 0 Å². The Kier molecular flexibility index (Phi) is 2.20. The van der Waals surface area contributed by atoms with Crippen LogP contribution < -0.4 is 0 Å². The van der Waals surface area contributed by atoms with Crippen LogP contribution in [-0.4, -0.2) is 13.7 Å². The zero-order chi connectivity index (χ0) is 4.28. The first-order valence-corrected chi connectivity index (χ1v) is 1.62. The van der Waals surface area contributed by atoms with Crippen molar-refractivity contribution < 1.29 is 9.32 Å². The predicted molar refractivity (Wildman–Crippen MR) is 24.7 cm³/mol. The quantitative estimate of drug-likeness (QED) is 0.297. The lowest BCUT2D eigenvalue weighted by molar-refractivity contribution is 0.232. The summed E-state index contributed by atoms with van der Waals surface area (Å²) >= 11 is 0. The molecule has 4 heteroatoms. The van der Waals surface area contributed by atoms with Crippen LogP contribution in [0.3, 0.4) is 0 Å². The Morgan fingerprint density at radius 1 is 2.00 bits per heavy atom. The van der Waals surface area contributed by atoms with E-state index in [0.717, 1.165) is 0 Å². The minimum absolute atomic E-state index is 0.282. The molecule has 0 rings (SSSR count). The molecule has 0 aromatic rings. The summed E-state index contributed by atoms with van der Waals surface area (Å²) in [6, 6.07) is 0. The minimum atomic E-state index is -0.282. The molecule has 5 heavy (non-hydrogen) atoms. The Hall–Kier alpha value is -0.0351. The first-order chi connectivity index (χ1) is 2.27. The third-order valence-electron chi connectivity index (χ3n) is 0.166. The Bertz CT molecular complexity index is 44.9. The summed E-state index contributed by atoms with van der Waals surface area (Å²) < 4.78 is 4.03. The van der Waals surface area contributed by atoms with E-state index in [1.165, 1.54) is 7.85 Å². The molecule has 0 aliphatic heterocycles. The van der Waals surface area contributed by atoms with E-state index in [4.69, 9.17) is 0 Å². The van der Waals surface area contributed by atoms with Gasteiger partial charge in [0.25, 0.3) is 0 Å². The number of hydrogen-bond acceptors (Lipinski definition) is 2. The van der Waals surface area contributed by atoms with E-state index in [1.807, 2.05) is 9.47 Å². The number of hydrogen-bond donors (Lipinski definition) is 0. The van der Waals surface area contributed by atoms with E-state index < -0.39 is 0 Å². The first-order valence-electron chi connectivity index (χ1n) is 1.14. The molecule has 1 atom stereocenters.